The number of nitrogens with one attached hydrogen (secondary N) is 1. The van der Waals surface area contributed by atoms with Crippen LogP contribution in [0.25, 0.3) is 0 Å². The first-order valence-electron chi connectivity index (χ1n) is 7.93. The molecule has 132 valence electrons. The van der Waals surface area contributed by atoms with Gasteiger partial charge in [0.25, 0.3) is 11.8 Å². The number of rotatable bonds is 6. The number of carbonyl (C=O) groups is 2. The van der Waals surface area contributed by atoms with Gasteiger partial charge in [0, 0.05) is 31.9 Å². The molecule has 0 bridgehead atoms. The van der Waals surface area contributed by atoms with Crippen molar-refractivity contribution < 1.29 is 14.3 Å². The SMILES string of the molecule is Cc1ccc(N)cc1C(=O)NCc1cccc(OCC(=O)N(C)C)c1. The number of nitrogen functional groups attached to an aromatic ring is 1. The predicted molar refractivity (Wildman–Crippen MR) is 97.4 cm³/mol. The van der Waals surface area contributed by atoms with Crippen molar-refractivity contribution in [3.05, 3.63) is 59.2 Å². The molecule has 0 fully saturated rings. The summed E-state index contributed by atoms with van der Waals surface area (Å²) in [6, 6.07) is 12.5. The molecular formula is C19H23N3O3. The van der Waals surface area contributed by atoms with E-state index >= 15 is 0 Å². The molecule has 0 aromatic heterocycles. The van der Waals surface area contributed by atoms with Crippen molar-refractivity contribution in [2.45, 2.75) is 13.5 Å². The maximum Gasteiger partial charge on any atom is 0.259 e. The van der Waals surface area contributed by atoms with Crippen LogP contribution in [0.15, 0.2) is 42.5 Å². The third kappa shape index (κ3) is 5.24. The standard InChI is InChI=1S/C19H23N3O3/c1-13-7-8-15(20)10-17(13)19(24)21-11-14-5-4-6-16(9-14)25-12-18(23)22(2)3/h4-10H,11-12,20H2,1-3H3,(H,21,24). The Balaban J connectivity index is 1.96. The van der Waals surface area contributed by atoms with E-state index < -0.39 is 0 Å². The lowest BCUT2D eigenvalue weighted by atomic mass is 10.1. The molecule has 6 nitrogen and oxygen atoms in total. The number of carbonyl (C=O) groups excluding carboxylic acids is 2. The highest BCUT2D eigenvalue weighted by Crippen LogP contribution is 2.15. The third-order valence-electron chi connectivity index (χ3n) is 3.72. The molecule has 3 N–H and O–H groups in total. The molecule has 2 aromatic carbocycles. The second-order valence-electron chi connectivity index (χ2n) is 5.98. The maximum absolute atomic E-state index is 12.3. The number of nitrogens with zero attached hydrogens (tertiary/aromatic N) is 1. The monoisotopic (exact) mass is 341 g/mol. The Labute approximate surface area is 147 Å². The van der Waals surface area contributed by atoms with Crippen LogP contribution in [0, 0.1) is 6.92 Å². The van der Waals surface area contributed by atoms with E-state index in [4.69, 9.17) is 10.5 Å². The first-order chi connectivity index (χ1) is 11.9. The van der Waals surface area contributed by atoms with Crippen LogP contribution in [-0.2, 0) is 11.3 Å². The van der Waals surface area contributed by atoms with Gasteiger partial charge in [-0.25, -0.2) is 0 Å². The second kappa shape index (κ2) is 8.19. The number of likely N-dealkylation sites (N-methyl/N-ethyl adjacent to an activating group) is 1. The molecule has 0 saturated carbocycles. The van der Waals surface area contributed by atoms with Gasteiger partial charge >= 0.3 is 0 Å². The van der Waals surface area contributed by atoms with E-state index in [1.165, 1.54) is 4.90 Å². The lowest BCUT2D eigenvalue weighted by molar-refractivity contribution is -0.130. The van der Waals surface area contributed by atoms with Crippen LogP contribution in [0.1, 0.15) is 21.5 Å². The lowest BCUT2D eigenvalue weighted by Crippen LogP contribution is -2.27. The molecule has 0 heterocycles. The Morgan fingerprint density at radius 3 is 2.64 bits per heavy atom. The van der Waals surface area contributed by atoms with Crippen molar-refractivity contribution in [3.63, 3.8) is 0 Å². The fourth-order valence-corrected chi connectivity index (χ4v) is 2.18. The van der Waals surface area contributed by atoms with Crippen LogP contribution in [-0.4, -0.2) is 37.4 Å². The molecule has 0 atom stereocenters. The number of anilines is 1. The van der Waals surface area contributed by atoms with E-state index in [2.05, 4.69) is 5.32 Å². The molecule has 0 aliphatic heterocycles. The zero-order valence-electron chi connectivity index (χ0n) is 14.7. The highest BCUT2D eigenvalue weighted by atomic mass is 16.5. The van der Waals surface area contributed by atoms with Gasteiger partial charge in [0.2, 0.25) is 0 Å². The highest BCUT2D eigenvalue weighted by molar-refractivity contribution is 5.96. The molecule has 25 heavy (non-hydrogen) atoms. The number of ether oxygens (including phenoxy) is 1. The van der Waals surface area contributed by atoms with Crippen molar-refractivity contribution in [1.29, 1.82) is 0 Å². The smallest absolute Gasteiger partial charge is 0.259 e. The van der Waals surface area contributed by atoms with Crippen molar-refractivity contribution in [3.8, 4) is 5.75 Å². The summed E-state index contributed by atoms with van der Waals surface area (Å²) in [4.78, 5) is 25.4. The van der Waals surface area contributed by atoms with Crippen molar-refractivity contribution in [2.24, 2.45) is 0 Å². The summed E-state index contributed by atoms with van der Waals surface area (Å²) in [5.41, 5.74) is 8.60. The molecule has 2 amide bonds. The summed E-state index contributed by atoms with van der Waals surface area (Å²) in [6.45, 7) is 2.20. The average Bonchev–Trinajstić information content (AvgIpc) is 2.59. The maximum atomic E-state index is 12.3. The molecule has 0 aliphatic carbocycles. The van der Waals surface area contributed by atoms with Gasteiger partial charge in [0.05, 0.1) is 0 Å². The molecular weight excluding hydrogens is 318 g/mol. The van der Waals surface area contributed by atoms with Crippen LogP contribution in [0.4, 0.5) is 5.69 Å². The minimum absolute atomic E-state index is 0.0225. The Morgan fingerprint density at radius 1 is 1.16 bits per heavy atom. The van der Waals surface area contributed by atoms with Gasteiger partial charge in [0.1, 0.15) is 5.75 Å². The molecule has 2 rings (SSSR count). The predicted octanol–water partition coefficient (Wildman–Crippen LogP) is 1.97. The van der Waals surface area contributed by atoms with Gasteiger partial charge in [-0.15, -0.1) is 0 Å². The topological polar surface area (TPSA) is 84.7 Å². The summed E-state index contributed by atoms with van der Waals surface area (Å²) in [5.74, 6) is 0.289. The first kappa shape index (κ1) is 18.3. The van der Waals surface area contributed by atoms with Crippen LogP contribution in [0.5, 0.6) is 5.75 Å². The number of aryl methyl sites for hydroxylation is 1. The zero-order valence-corrected chi connectivity index (χ0v) is 14.7. The van der Waals surface area contributed by atoms with E-state index in [9.17, 15) is 9.59 Å². The fraction of sp³-hybridized carbons (Fsp3) is 0.263. The fourth-order valence-electron chi connectivity index (χ4n) is 2.18. The Kier molecular flexibility index (Phi) is 6.00. The largest absolute Gasteiger partial charge is 0.484 e. The molecule has 0 radical (unpaired) electrons. The van der Waals surface area contributed by atoms with Gasteiger partial charge in [-0.2, -0.15) is 0 Å². The molecule has 0 saturated heterocycles. The molecule has 2 aromatic rings. The van der Waals surface area contributed by atoms with Gasteiger partial charge in [-0.1, -0.05) is 18.2 Å². The lowest BCUT2D eigenvalue weighted by Gasteiger charge is -2.12. The zero-order chi connectivity index (χ0) is 18.4. The second-order valence-corrected chi connectivity index (χ2v) is 5.98. The van der Waals surface area contributed by atoms with E-state index in [1.807, 2.05) is 25.1 Å². The molecule has 0 unspecified atom stereocenters. The van der Waals surface area contributed by atoms with Gasteiger partial charge in [0.15, 0.2) is 6.61 Å². The molecule has 6 heteroatoms. The quantitative estimate of drug-likeness (QED) is 0.787. The van der Waals surface area contributed by atoms with Crippen LogP contribution in [0.3, 0.4) is 0 Å². The number of benzene rings is 2. The Morgan fingerprint density at radius 2 is 1.92 bits per heavy atom. The summed E-state index contributed by atoms with van der Waals surface area (Å²) < 4.78 is 5.48. The first-order valence-corrected chi connectivity index (χ1v) is 7.93. The van der Waals surface area contributed by atoms with Crippen LogP contribution < -0.4 is 15.8 Å². The van der Waals surface area contributed by atoms with E-state index in [0.717, 1.165) is 11.1 Å². The summed E-state index contributed by atoms with van der Waals surface area (Å²) >= 11 is 0. The number of amides is 2. The Bertz CT molecular complexity index is 772. The van der Waals surface area contributed by atoms with Crippen molar-refractivity contribution in [2.75, 3.05) is 26.4 Å². The van der Waals surface area contributed by atoms with Gasteiger partial charge in [-0.3, -0.25) is 9.59 Å². The molecule has 0 aliphatic rings. The van der Waals surface area contributed by atoms with Gasteiger partial charge < -0.3 is 20.7 Å². The van der Waals surface area contributed by atoms with Crippen molar-refractivity contribution >= 4 is 17.5 Å². The minimum atomic E-state index is -0.182. The normalized spacial score (nSPS) is 10.2. The van der Waals surface area contributed by atoms with Crippen LogP contribution >= 0.6 is 0 Å². The average molecular weight is 341 g/mol. The summed E-state index contributed by atoms with van der Waals surface area (Å²) in [6.07, 6.45) is 0. The summed E-state index contributed by atoms with van der Waals surface area (Å²) in [5, 5.41) is 2.87. The van der Waals surface area contributed by atoms with E-state index in [1.54, 1.807) is 38.4 Å². The van der Waals surface area contributed by atoms with Gasteiger partial charge in [-0.05, 0) is 42.3 Å². The number of hydrogen-bond donors (Lipinski definition) is 2. The third-order valence-corrected chi connectivity index (χ3v) is 3.72. The Hall–Kier alpha value is -3.02. The highest BCUT2D eigenvalue weighted by Gasteiger charge is 2.10. The minimum Gasteiger partial charge on any atom is -0.484 e. The van der Waals surface area contributed by atoms with Crippen LogP contribution in [0.2, 0.25) is 0 Å². The summed E-state index contributed by atoms with van der Waals surface area (Å²) in [7, 11) is 3.35. The van der Waals surface area contributed by atoms with E-state index in [0.29, 0.717) is 23.5 Å². The molecule has 0 spiro atoms. The van der Waals surface area contributed by atoms with Crippen molar-refractivity contribution in [1.82, 2.24) is 10.2 Å². The number of hydrogen-bond acceptors (Lipinski definition) is 4. The number of nitrogens with two attached hydrogens (primary N) is 1. The van der Waals surface area contributed by atoms with E-state index in [-0.39, 0.29) is 18.4 Å².